The van der Waals surface area contributed by atoms with Crippen LogP contribution in [-0.2, 0) is 12.8 Å². The van der Waals surface area contributed by atoms with Crippen LogP contribution in [0.25, 0.3) is 0 Å². The van der Waals surface area contributed by atoms with Crippen molar-refractivity contribution in [2.24, 2.45) is 11.1 Å². The van der Waals surface area contributed by atoms with E-state index >= 15 is 0 Å². The van der Waals surface area contributed by atoms with Gasteiger partial charge in [0.2, 0.25) is 0 Å². The summed E-state index contributed by atoms with van der Waals surface area (Å²) in [5, 5.41) is 5.50. The van der Waals surface area contributed by atoms with E-state index in [1.54, 1.807) is 6.07 Å². The zero-order valence-corrected chi connectivity index (χ0v) is 18.0. The van der Waals surface area contributed by atoms with Crippen molar-refractivity contribution in [2.45, 2.75) is 53.6 Å². The van der Waals surface area contributed by atoms with Gasteiger partial charge < -0.3 is 16.4 Å². The van der Waals surface area contributed by atoms with Gasteiger partial charge in [-0.1, -0.05) is 50.6 Å². The van der Waals surface area contributed by atoms with E-state index in [1.807, 2.05) is 50.3 Å². The molecule has 0 aliphatic carbocycles. The molecule has 0 spiro atoms. The van der Waals surface area contributed by atoms with E-state index in [2.05, 4.69) is 31.4 Å². The third-order valence-electron chi connectivity index (χ3n) is 5.14. The highest BCUT2D eigenvalue weighted by molar-refractivity contribution is 5.89. The topological polar surface area (TPSA) is 67.1 Å². The van der Waals surface area contributed by atoms with Gasteiger partial charge in [0, 0.05) is 5.69 Å². The lowest BCUT2D eigenvalue weighted by atomic mass is 9.87. The number of allylic oxidation sites excluding steroid dienone is 1. The molecule has 2 aromatic rings. The Morgan fingerprint density at radius 3 is 2.38 bits per heavy atom. The lowest BCUT2D eigenvalue weighted by Gasteiger charge is -2.21. The standard InChI is InChI=1S/C24H32FN3O/c1-16-7-6-8-21(25)20(16)14-11-18-9-12-19(13-10-18)27-23(29)28-22(26)15-17(2)24(3,4)5/h6-10,12-13,15,22H,11,14,26H2,1-5H3,(H2,27,28,29)/b17-15+. The smallest absolute Gasteiger partial charge is 0.319 e. The summed E-state index contributed by atoms with van der Waals surface area (Å²) >= 11 is 0. The Morgan fingerprint density at radius 2 is 1.79 bits per heavy atom. The van der Waals surface area contributed by atoms with E-state index in [9.17, 15) is 9.18 Å². The number of anilines is 1. The number of nitrogens with two attached hydrogens (primary N) is 1. The molecular weight excluding hydrogens is 365 g/mol. The summed E-state index contributed by atoms with van der Waals surface area (Å²) in [5.41, 5.74) is 10.6. The highest BCUT2D eigenvalue weighted by Gasteiger charge is 2.14. The minimum Gasteiger partial charge on any atom is -0.319 e. The fourth-order valence-corrected chi connectivity index (χ4v) is 2.89. The number of rotatable bonds is 6. The molecular formula is C24H32FN3O. The number of nitrogens with one attached hydrogen (secondary N) is 2. The highest BCUT2D eigenvalue weighted by Crippen LogP contribution is 2.24. The number of hydrogen-bond acceptors (Lipinski definition) is 2. The maximum Gasteiger partial charge on any atom is 0.320 e. The fraction of sp³-hybridized carbons (Fsp3) is 0.375. The van der Waals surface area contributed by atoms with Crippen LogP contribution in [0.15, 0.2) is 54.1 Å². The zero-order valence-electron chi connectivity index (χ0n) is 18.0. The van der Waals surface area contributed by atoms with Gasteiger partial charge in [-0.15, -0.1) is 0 Å². The molecule has 4 nitrogen and oxygen atoms in total. The quantitative estimate of drug-likeness (QED) is 0.456. The predicted molar refractivity (Wildman–Crippen MR) is 118 cm³/mol. The Morgan fingerprint density at radius 1 is 1.14 bits per heavy atom. The van der Waals surface area contributed by atoms with Gasteiger partial charge in [-0.25, -0.2) is 9.18 Å². The van der Waals surface area contributed by atoms with Crippen LogP contribution in [0.5, 0.6) is 0 Å². The Labute approximate surface area is 173 Å². The molecule has 2 aromatic carbocycles. The third-order valence-corrected chi connectivity index (χ3v) is 5.14. The van der Waals surface area contributed by atoms with Crippen molar-refractivity contribution in [2.75, 3.05) is 5.32 Å². The number of benzene rings is 2. The van der Waals surface area contributed by atoms with E-state index in [0.717, 1.165) is 28.7 Å². The Hall–Kier alpha value is -2.66. The van der Waals surface area contributed by atoms with Gasteiger partial charge in [-0.05, 0) is 73.1 Å². The summed E-state index contributed by atoms with van der Waals surface area (Å²) in [7, 11) is 0. The molecule has 0 radical (unpaired) electrons. The molecule has 0 saturated heterocycles. The number of hydrogen-bond donors (Lipinski definition) is 3. The lowest BCUT2D eigenvalue weighted by molar-refractivity contribution is 0.250. The van der Waals surface area contributed by atoms with Crippen LogP contribution >= 0.6 is 0 Å². The second kappa shape index (κ2) is 9.70. The van der Waals surface area contributed by atoms with Crippen molar-refractivity contribution < 1.29 is 9.18 Å². The molecule has 5 heteroatoms. The average Bonchev–Trinajstić information content (AvgIpc) is 2.61. The van der Waals surface area contributed by atoms with Crippen molar-refractivity contribution in [1.29, 1.82) is 0 Å². The number of amides is 2. The number of aryl methyl sites for hydroxylation is 2. The number of halogens is 1. The van der Waals surface area contributed by atoms with Gasteiger partial charge in [0.1, 0.15) is 5.82 Å². The van der Waals surface area contributed by atoms with Gasteiger partial charge in [-0.3, -0.25) is 0 Å². The average molecular weight is 398 g/mol. The molecule has 156 valence electrons. The van der Waals surface area contributed by atoms with Crippen LogP contribution in [0.1, 0.15) is 44.4 Å². The van der Waals surface area contributed by atoms with E-state index in [1.165, 1.54) is 6.07 Å². The molecule has 1 atom stereocenters. The monoisotopic (exact) mass is 397 g/mol. The molecule has 0 bridgehead atoms. The summed E-state index contributed by atoms with van der Waals surface area (Å²) < 4.78 is 13.9. The molecule has 2 amide bonds. The Kier molecular flexibility index (Phi) is 7.57. The maximum absolute atomic E-state index is 13.9. The fourth-order valence-electron chi connectivity index (χ4n) is 2.89. The summed E-state index contributed by atoms with van der Waals surface area (Å²) in [5.74, 6) is -0.160. The molecule has 0 fully saturated rings. The number of carbonyl (C=O) groups is 1. The number of urea groups is 1. The zero-order chi connectivity index (χ0) is 21.6. The second-order valence-corrected chi connectivity index (χ2v) is 8.46. The van der Waals surface area contributed by atoms with Crippen molar-refractivity contribution in [3.8, 4) is 0 Å². The van der Waals surface area contributed by atoms with E-state index in [0.29, 0.717) is 12.1 Å². The first-order chi connectivity index (χ1) is 13.6. The van der Waals surface area contributed by atoms with E-state index < -0.39 is 6.17 Å². The lowest BCUT2D eigenvalue weighted by Crippen LogP contribution is -2.42. The second-order valence-electron chi connectivity index (χ2n) is 8.46. The third kappa shape index (κ3) is 7.02. The van der Waals surface area contributed by atoms with Gasteiger partial charge in [0.05, 0.1) is 6.17 Å². The molecule has 0 aliphatic rings. The van der Waals surface area contributed by atoms with Gasteiger partial charge >= 0.3 is 6.03 Å². The number of carbonyl (C=O) groups excluding carboxylic acids is 1. The van der Waals surface area contributed by atoms with Crippen molar-refractivity contribution in [3.63, 3.8) is 0 Å². The van der Waals surface area contributed by atoms with Crippen LogP contribution in [0, 0.1) is 18.2 Å². The highest BCUT2D eigenvalue weighted by atomic mass is 19.1. The van der Waals surface area contributed by atoms with E-state index in [-0.39, 0.29) is 17.3 Å². The molecule has 0 aliphatic heterocycles. The maximum atomic E-state index is 13.9. The first-order valence-electron chi connectivity index (χ1n) is 9.91. The van der Waals surface area contributed by atoms with Crippen LogP contribution in [0.4, 0.5) is 14.9 Å². The van der Waals surface area contributed by atoms with Crippen molar-refractivity contribution >= 4 is 11.7 Å². The minimum atomic E-state index is -0.558. The van der Waals surface area contributed by atoms with Crippen LogP contribution < -0.4 is 16.4 Å². The molecule has 0 aromatic heterocycles. The van der Waals surface area contributed by atoms with Crippen molar-refractivity contribution in [3.05, 3.63) is 76.6 Å². The SMILES string of the molecule is C/C(=C\C(N)NC(=O)Nc1ccc(CCc2c(C)cccc2F)cc1)C(C)(C)C. The molecule has 0 heterocycles. The normalized spacial score (nSPS) is 13.1. The summed E-state index contributed by atoms with van der Waals surface area (Å²) in [4.78, 5) is 12.2. The van der Waals surface area contributed by atoms with Gasteiger partial charge in [0.15, 0.2) is 0 Å². The van der Waals surface area contributed by atoms with E-state index in [4.69, 9.17) is 5.73 Å². The largest absolute Gasteiger partial charge is 0.320 e. The molecule has 4 N–H and O–H groups in total. The molecule has 2 rings (SSSR count). The first-order valence-corrected chi connectivity index (χ1v) is 9.91. The Balaban J connectivity index is 1.89. The van der Waals surface area contributed by atoms with Gasteiger partial charge in [0.25, 0.3) is 0 Å². The van der Waals surface area contributed by atoms with Crippen LogP contribution in [0.3, 0.4) is 0 Å². The summed E-state index contributed by atoms with van der Waals surface area (Å²) in [6.07, 6.45) is 2.67. The summed E-state index contributed by atoms with van der Waals surface area (Å²) in [6.45, 7) is 10.2. The minimum absolute atomic E-state index is 0.00676. The van der Waals surface area contributed by atoms with Gasteiger partial charge in [-0.2, -0.15) is 0 Å². The predicted octanol–water partition coefficient (Wildman–Crippen LogP) is 5.32. The molecule has 1 unspecified atom stereocenters. The molecule has 29 heavy (non-hydrogen) atoms. The summed E-state index contributed by atoms with van der Waals surface area (Å²) in [6, 6.07) is 12.3. The molecule has 0 saturated carbocycles. The Bertz CT molecular complexity index is 846. The van der Waals surface area contributed by atoms with Crippen LogP contribution in [0.2, 0.25) is 0 Å². The van der Waals surface area contributed by atoms with Crippen LogP contribution in [-0.4, -0.2) is 12.2 Å². The first kappa shape index (κ1) is 22.6. The van der Waals surface area contributed by atoms with Crippen molar-refractivity contribution in [1.82, 2.24) is 5.32 Å².